The van der Waals surface area contributed by atoms with Crippen molar-refractivity contribution in [3.8, 4) is 0 Å². The number of carbonyl (C=O) groups is 1. The van der Waals surface area contributed by atoms with Gasteiger partial charge in [0.1, 0.15) is 6.29 Å². The van der Waals surface area contributed by atoms with Crippen LogP contribution in [0.1, 0.15) is 12.1 Å². The summed E-state index contributed by atoms with van der Waals surface area (Å²) < 4.78 is 1.81. The van der Waals surface area contributed by atoms with Crippen molar-refractivity contribution >= 4 is 6.29 Å². The van der Waals surface area contributed by atoms with Crippen LogP contribution in [-0.2, 0) is 11.3 Å². The van der Waals surface area contributed by atoms with Crippen LogP contribution < -0.4 is 0 Å². The Labute approximate surface area is 59.7 Å². The standard InChI is InChI=1S/C7H10N2O/c1-7-3-4-8-9(7)5-2-6-10/h3-4,6H,2,5H2,1H3. The summed E-state index contributed by atoms with van der Waals surface area (Å²) >= 11 is 0. The van der Waals surface area contributed by atoms with E-state index in [2.05, 4.69) is 5.10 Å². The van der Waals surface area contributed by atoms with Crippen LogP contribution in [0, 0.1) is 6.92 Å². The average molecular weight is 138 g/mol. The molecule has 3 heteroatoms. The molecule has 3 nitrogen and oxygen atoms in total. The normalized spacial score (nSPS) is 9.70. The Bertz CT molecular complexity index is 217. The lowest BCUT2D eigenvalue weighted by molar-refractivity contribution is -0.108. The van der Waals surface area contributed by atoms with Crippen LogP contribution in [0.2, 0.25) is 0 Å². The number of aromatic nitrogens is 2. The Kier molecular flexibility index (Phi) is 2.20. The monoisotopic (exact) mass is 138 g/mol. The van der Waals surface area contributed by atoms with Gasteiger partial charge in [0.2, 0.25) is 0 Å². The van der Waals surface area contributed by atoms with Crippen LogP contribution >= 0.6 is 0 Å². The molecule has 0 unspecified atom stereocenters. The molecule has 0 fully saturated rings. The van der Waals surface area contributed by atoms with E-state index < -0.39 is 0 Å². The molecule has 0 aliphatic carbocycles. The van der Waals surface area contributed by atoms with Gasteiger partial charge in [-0.1, -0.05) is 0 Å². The first-order valence-electron chi connectivity index (χ1n) is 3.26. The molecule has 0 radical (unpaired) electrons. The first-order chi connectivity index (χ1) is 4.84. The highest BCUT2D eigenvalue weighted by Gasteiger charge is 1.93. The molecule has 0 atom stereocenters. The van der Waals surface area contributed by atoms with Crippen LogP contribution in [0.4, 0.5) is 0 Å². The second-order valence-corrected chi connectivity index (χ2v) is 2.15. The summed E-state index contributed by atoms with van der Waals surface area (Å²) in [4.78, 5) is 9.97. The summed E-state index contributed by atoms with van der Waals surface area (Å²) in [5, 5.41) is 4.01. The molecule has 1 aromatic heterocycles. The van der Waals surface area contributed by atoms with E-state index in [0.717, 1.165) is 12.0 Å². The maximum atomic E-state index is 9.97. The molecule has 0 N–H and O–H groups in total. The van der Waals surface area contributed by atoms with Gasteiger partial charge in [-0.05, 0) is 13.0 Å². The molecule has 0 saturated heterocycles. The van der Waals surface area contributed by atoms with Crippen molar-refractivity contribution in [2.45, 2.75) is 19.9 Å². The third kappa shape index (κ3) is 1.43. The van der Waals surface area contributed by atoms with Crippen molar-refractivity contribution in [3.63, 3.8) is 0 Å². The van der Waals surface area contributed by atoms with E-state index in [-0.39, 0.29) is 0 Å². The third-order valence-electron chi connectivity index (χ3n) is 1.39. The number of aldehydes is 1. The second-order valence-electron chi connectivity index (χ2n) is 2.15. The van der Waals surface area contributed by atoms with E-state index in [1.165, 1.54) is 0 Å². The molecular weight excluding hydrogens is 128 g/mol. The van der Waals surface area contributed by atoms with Gasteiger partial charge in [0.25, 0.3) is 0 Å². The number of aryl methyl sites for hydroxylation is 2. The minimum absolute atomic E-state index is 0.544. The first kappa shape index (κ1) is 6.99. The lowest BCUT2D eigenvalue weighted by Gasteiger charge is -1.98. The zero-order chi connectivity index (χ0) is 7.40. The average Bonchev–Trinajstić information content (AvgIpc) is 2.31. The third-order valence-corrected chi connectivity index (χ3v) is 1.39. The number of rotatable bonds is 3. The highest BCUT2D eigenvalue weighted by Crippen LogP contribution is 1.95. The van der Waals surface area contributed by atoms with Gasteiger partial charge in [-0.15, -0.1) is 0 Å². The zero-order valence-corrected chi connectivity index (χ0v) is 5.95. The van der Waals surface area contributed by atoms with Gasteiger partial charge in [-0.25, -0.2) is 0 Å². The molecule has 0 aliphatic heterocycles. The molecule has 0 amide bonds. The lowest BCUT2D eigenvalue weighted by atomic mass is 10.4. The number of carbonyl (C=O) groups excluding carboxylic acids is 1. The SMILES string of the molecule is Cc1ccnn1CCC=O. The van der Waals surface area contributed by atoms with Gasteiger partial charge in [0.15, 0.2) is 0 Å². The Hall–Kier alpha value is -1.12. The molecular formula is C7H10N2O. The van der Waals surface area contributed by atoms with Crippen molar-refractivity contribution in [1.29, 1.82) is 0 Å². The van der Waals surface area contributed by atoms with Crippen molar-refractivity contribution in [2.24, 2.45) is 0 Å². The summed E-state index contributed by atoms with van der Waals surface area (Å²) in [7, 11) is 0. The van der Waals surface area contributed by atoms with Crippen molar-refractivity contribution < 1.29 is 4.79 Å². The fourth-order valence-corrected chi connectivity index (χ4v) is 0.808. The fraction of sp³-hybridized carbons (Fsp3) is 0.429. The van der Waals surface area contributed by atoms with Crippen molar-refractivity contribution in [1.82, 2.24) is 9.78 Å². The van der Waals surface area contributed by atoms with E-state index in [9.17, 15) is 4.79 Å². The maximum Gasteiger partial charge on any atom is 0.121 e. The van der Waals surface area contributed by atoms with Gasteiger partial charge in [-0.2, -0.15) is 5.10 Å². The molecule has 0 aliphatic rings. The van der Waals surface area contributed by atoms with Crippen LogP contribution in [0.5, 0.6) is 0 Å². The summed E-state index contributed by atoms with van der Waals surface area (Å²) in [5.74, 6) is 0. The summed E-state index contributed by atoms with van der Waals surface area (Å²) in [6.07, 6.45) is 3.18. The van der Waals surface area contributed by atoms with Gasteiger partial charge in [0.05, 0.1) is 0 Å². The smallest absolute Gasteiger partial charge is 0.121 e. The number of hydrogen-bond acceptors (Lipinski definition) is 2. The zero-order valence-electron chi connectivity index (χ0n) is 5.95. The summed E-state index contributed by atoms with van der Waals surface area (Å²) in [5.41, 5.74) is 1.10. The molecule has 54 valence electrons. The maximum absolute atomic E-state index is 9.97. The summed E-state index contributed by atoms with van der Waals surface area (Å²) in [6, 6.07) is 1.92. The molecule has 1 heterocycles. The minimum atomic E-state index is 0.544. The number of hydrogen-bond donors (Lipinski definition) is 0. The fourth-order valence-electron chi connectivity index (χ4n) is 0.808. The first-order valence-corrected chi connectivity index (χ1v) is 3.26. The highest BCUT2D eigenvalue weighted by molar-refractivity contribution is 5.48. The quantitative estimate of drug-likeness (QED) is 0.578. The second kappa shape index (κ2) is 3.15. The minimum Gasteiger partial charge on any atom is -0.303 e. The predicted molar refractivity (Wildman–Crippen MR) is 37.6 cm³/mol. The van der Waals surface area contributed by atoms with Gasteiger partial charge in [-0.3, -0.25) is 4.68 Å². The predicted octanol–water partition coefficient (Wildman–Crippen LogP) is 0.781. The van der Waals surface area contributed by atoms with E-state index in [1.807, 2.05) is 17.7 Å². The topological polar surface area (TPSA) is 34.9 Å². The molecule has 10 heavy (non-hydrogen) atoms. The molecule has 0 aromatic carbocycles. The van der Waals surface area contributed by atoms with Crippen molar-refractivity contribution in [2.75, 3.05) is 0 Å². The summed E-state index contributed by atoms with van der Waals surface area (Å²) in [6.45, 7) is 2.67. The van der Waals surface area contributed by atoms with Crippen LogP contribution in [-0.4, -0.2) is 16.1 Å². The van der Waals surface area contributed by atoms with Gasteiger partial charge in [0, 0.05) is 24.9 Å². The lowest BCUT2D eigenvalue weighted by Crippen LogP contribution is -2.01. The van der Waals surface area contributed by atoms with E-state index in [4.69, 9.17) is 0 Å². The van der Waals surface area contributed by atoms with E-state index in [1.54, 1.807) is 6.20 Å². The van der Waals surface area contributed by atoms with Crippen LogP contribution in [0.15, 0.2) is 12.3 Å². The van der Waals surface area contributed by atoms with Gasteiger partial charge >= 0.3 is 0 Å². The Morgan fingerprint density at radius 3 is 3.10 bits per heavy atom. The number of nitrogens with zero attached hydrogens (tertiary/aromatic N) is 2. The Morgan fingerprint density at radius 2 is 2.60 bits per heavy atom. The molecule has 0 spiro atoms. The van der Waals surface area contributed by atoms with Crippen LogP contribution in [0.3, 0.4) is 0 Å². The largest absolute Gasteiger partial charge is 0.303 e. The molecule has 0 saturated carbocycles. The van der Waals surface area contributed by atoms with Crippen molar-refractivity contribution in [3.05, 3.63) is 18.0 Å². The Balaban J connectivity index is 2.56. The van der Waals surface area contributed by atoms with Crippen LogP contribution in [0.25, 0.3) is 0 Å². The van der Waals surface area contributed by atoms with E-state index in [0.29, 0.717) is 13.0 Å². The Morgan fingerprint density at radius 1 is 1.80 bits per heavy atom. The van der Waals surface area contributed by atoms with Gasteiger partial charge < -0.3 is 4.79 Å². The molecule has 0 bridgehead atoms. The molecule has 1 aromatic rings. The van der Waals surface area contributed by atoms with E-state index >= 15 is 0 Å². The highest BCUT2D eigenvalue weighted by atomic mass is 16.1. The molecule has 1 rings (SSSR count).